The van der Waals surface area contributed by atoms with Crippen LogP contribution in [0, 0.1) is 13.8 Å². The van der Waals surface area contributed by atoms with Gasteiger partial charge in [-0.3, -0.25) is 14.8 Å². The number of H-pyrrole nitrogens is 2. The number of hydrogen-bond donors (Lipinski definition) is 2. The number of rotatable bonds is 3. The number of aromatic nitrogens is 3. The molecule has 0 amide bonds. The number of fused-ring (bicyclic) bond motifs is 1. The minimum atomic E-state index is 0.109. The van der Waals surface area contributed by atoms with E-state index in [9.17, 15) is 4.79 Å². The lowest BCUT2D eigenvalue weighted by atomic mass is 9.95. The Morgan fingerprint density at radius 2 is 2.16 bits per heavy atom. The molecule has 1 aromatic carbocycles. The molecular formula is C20H24N4O. The van der Waals surface area contributed by atoms with E-state index in [1.807, 2.05) is 19.2 Å². The molecule has 0 saturated carbocycles. The maximum Gasteiger partial charge on any atom is 0.189 e. The maximum absolute atomic E-state index is 12.5. The van der Waals surface area contributed by atoms with Gasteiger partial charge in [-0.25, -0.2) is 0 Å². The van der Waals surface area contributed by atoms with Crippen molar-refractivity contribution in [1.82, 2.24) is 20.1 Å². The molecular weight excluding hydrogens is 312 g/mol. The van der Waals surface area contributed by atoms with Gasteiger partial charge in [-0.05, 0) is 56.5 Å². The fourth-order valence-corrected chi connectivity index (χ4v) is 4.03. The van der Waals surface area contributed by atoms with Crippen LogP contribution in [0.25, 0.3) is 10.9 Å². The quantitative estimate of drug-likeness (QED) is 0.772. The molecule has 1 fully saturated rings. The van der Waals surface area contributed by atoms with E-state index in [4.69, 9.17) is 0 Å². The van der Waals surface area contributed by atoms with Crippen LogP contribution in [0.2, 0.25) is 0 Å². The standard InChI is InChI=1S/C20H24N4O/c1-13-8-14(2)20-17(9-13)19(25)10-16(22-20)12-24-7-3-4-15(11-24)18-5-6-21-23-18/h5-6,8-10,15H,3-4,7,11-12H2,1-2H3,(H,21,23)(H,22,25). The number of benzene rings is 1. The van der Waals surface area contributed by atoms with Crippen molar-refractivity contribution in [3.05, 3.63) is 63.2 Å². The van der Waals surface area contributed by atoms with Crippen LogP contribution < -0.4 is 5.43 Å². The van der Waals surface area contributed by atoms with E-state index in [1.54, 1.807) is 6.07 Å². The lowest BCUT2D eigenvalue weighted by Gasteiger charge is -2.32. The summed E-state index contributed by atoms with van der Waals surface area (Å²) in [4.78, 5) is 18.5. The first-order valence-electron chi connectivity index (χ1n) is 8.95. The van der Waals surface area contributed by atoms with Crippen LogP contribution in [0.3, 0.4) is 0 Å². The van der Waals surface area contributed by atoms with Crippen LogP contribution in [-0.2, 0) is 6.54 Å². The molecule has 1 aliphatic heterocycles. The minimum absolute atomic E-state index is 0.109. The number of nitrogens with zero attached hydrogens (tertiary/aromatic N) is 2. The normalized spacial score (nSPS) is 18.7. The molecule has 130 valence electrons. The third kappa shape index (κ3) is 3.24. The SMILES string of the molecule is Cc1cc(C)c2[nH]c(CN3CCCC(c4ccn[nH]4)C3)cc(=O)c2c1. The second kappa shape index (κ2) is 6.48. The lowest BCUT2D eigenvalue weighted by Crippen LogP contribution is -2.34. The van der Waals surface area contributed by atoms with Crippen molar-refractivity contribution in [2.24, 2.45) is 0 Å². The van der Waals surface area contributed by atoms with Crippen molar-refractivity contribution in [2.45, 2.75) is 39.2 Å². The molecule has 2 aromatic heterocycles. The number of aryl methyl sites for hydroxylation is 2. The molecule has 0 spiro atoms. The van der Waals surface area contributed by atoms with Gasteiger partial charge in [0.15, 0.2) is 5.43 Å². The van der Waals surface area contributed by atoms with E-state index in [0.29, 0.717) is 5.92 Å². The van der Waals surface area contributed by atoms with Crippen molar-refractivity contribution < 1.29 is 0 Å². The fourth-order valence-electron chi connectivity index (χ4n) is 4.03. The van der Waals surface area contributed by atoms with Gasteiger partial charge in [0, 0.05) is 48.0 Å². The van der Waals surface area contributed by atoms with Gasteiger partial charge in [-0.15, -0.1) is 0 Å². The van der Waals surface area contributed by atoms with Crippen molar-refractivity contribution in [1.29, 1.82) is 0 Å². The van der Waals surface area contributed by atoms with E-state index in [1.165, 1.54) is 18.5 Å². The summed E-state index contributed by atoms with van der Waals surface area (Å²) in [6.07, 6.45) is 4.17. The van der Waals surface area contributed by atoms with Gasteiger partial charge in [0.1, 0.15) is 0 Å². The van der Waals surface area contributed by atoms with Gasteiger partial charge >= 0.3 is 0 Å². The average Bonchev–Trinajstić information content (AvgIpc) is 3.11. The van der Waals surface area contributed by atoms with Crippen LogP contribution in [0.5, 0.6) is 0 Å². The molecule has 5 heteroatoms. The van der Waals surface area contributed by atoms with Crippen molar-refractivity contribution in [2.75, 3.05) is 13.1 Å². The number of pyridine rings is 1. The van der Waals surface area contributed by atoms with Crippen LogP contribution in [-0.4, -0.2) is 33.2 Å². The summed E-state index contributed by atoms with van der Waals surface area (Å²) in [5, 5.41) is 7.97. The van der Waals surface area contributed by atoms with Gasteiger partial charge in [-0.2, -0.15) is 5.10 Å². The molecule has 0 bridgehead atoms. The highest BCUT2D eigenvalue weighted by Crippen LogP contribution is 2.26. The Morgan fingerprint density at radius 3 is 2.96 bits per heavy atom. The lowest BCUT2D eigenvalue weighted by molar-refractivity contribution is 0.196. The van der Waals surface area contributed by atoms with E-state index in [2.05, 4.69) is 39.1 Å². The summed E-state index contributed by atoms with van der Waals surface area (Å²) >= 11 is 0. The van der Waals surface area contributed by atoms with E-state index >= 15 is 0 Å². The molecule has 5 nitrogen and oxygen atoms in total. The van der Waals surface area contributed by atoms with Gasteiger partial charge < -0.3 is 4.98 Å². The van der Waals surface area contributed by atoms with Crippen molar-refractivity contribution in [3.63, 3.8) is 0 Å². The Bertz CT molecular complexity index is 942. The topological polar surface area (TPSA) is 64.8 Å². The molecule has 1 atom stereocenters. The third-order valence-corrected chi connectivity index (χ3v) is 5.20. The maximum atomic E-state index is 12.5. The molecule has 4 rings (SSSR count). The van der Waals surface area contributed by atoms with Gasteiger partial charge in [0.25, 0.3) is 0 Å². The van der Waals surface area contributed by atoms with E-state index in [0.717, 1.165) is 47.4 Å². The summed E-state index contributed by atoms with van der Waals surface area (Å²) in [6.45, 7) is 6.93. The molecule has 3 aromatic rings. The molecule has 1 aliphatic rings. The van der Waals surface area contributed by atoms with Crippen molar-refractivity contribution in [3.8, 4) is 0 Å². The molecule has 25 heavy (non-hydrogen) atoms. The highest BCUT2D eigenvalue weighted by atomic mass is 16.1. The number of likely N-dealkylation sites (tertiary alicyclic amines) is 1. The minimum Gasteiger partial charge on any atom is -0.357 e. The van der Waals surface area contributed by atoms with E-state index in [-0.39, 0.29) is 5.43 Å². The predicted molar refractivity (Wildman–Crippen MR) is 99.9 cm³/mol. The van der Waals surface area contributed by atoms with Crippen LogP contribution in [0.1, 0.15) is 41.3 Å². The smallest absolute Gasteiger partial charge is 0.189 e. The Labute approximate surface area is 147 Å². The number of aromatic amines is 2. The summed E-state index contributed by atoms with van der Waals surface area (Å²) in [7, 11) is 0. The van der Waals surface area contributed by atoms with Crippen LogP contribution in [0.4, 0.5) is 0 Å². The molecule has 1 saturated heterocycles. The second-order valence-corrected chi connectivity index (χ2v) is 7.25. The van der Waals surface area contributed by atoms with Gasteiger partial charge in [0.2, 0.25) is 0 Å². The van der Waals surface area contributed by atoms with Crippen LogP contribution >= 0.6 is 0 Å². The Kier molecular flexibility index (Phi) is 4.17. The zero-order valence-corrected chi connectivity index (χ0v) is 14.8. The average molecular weight is 336 g/mol. The summed E-state index contributed by atoms with van der Waals surface area (Å²) in [6, 6.07) is 7.93. The Balaban J connectivity index is 1.59. The Hall–Kier alpha value is -2.40. The van der Waals surface area contributed by atoms with E-state index < -0.39 is 0 Å². The molecule has 1 unspecified atom stereocenters. The highest BCUT2D eigenvalue weighted by molar-refractivity contribution is 5.82. The zero-order valence-electron chi connectivity index (χ0n) is 14.8. The van der Waals surface area contributed by atoms with Crippen LogP contribution in [0.15, 0.2) is 35.3 Å². The number of piperidine rings is 1. The number of hydrogen-bond acceptors (Lipinski definition) is 3. The zero-order chi connectivity index (χ0) is 17.4. The fraction of sp³-hybridized carbons (Fsp3) is 0.400. The summed E-state index contributed by atoms with van der Waals surface area (Å²) < 4.78 is 0. The van der Waals surface area contributed by atoms with Gasteiger partial charge in [-0.1, -0.05) is 6.07 Å². The molecule has 0 radical (unpaired) electrons. The first kappa shape index (κ1) is 16.1. The second-order valence-electron chi connectivity index (χ2n) is 7.25. The largest absolute Gasteiger partial charge is 0.357 e. The first-order valence-corrected chi connectivity index (χ1v) is 8.95. The highest BCUT2D eigenvalue weighted by Gasteiger charge is 2.22. The number of nitrogens with one attached hydrogen (secondary N) is 2. The monoisotopic (exact) mass is 336 g/mol. The molecule has 3 heterocycles. The first-order chi connectivity index (χ1) is 12.1. The third-order valence-electron chi connectivity index (χ3n) is 5.20. The molecule has 2 N–H and O–H groups in total. The summed E-state index contributed by atoms with van der Waals surface area (Å²) in [5.41, 5.74) is 5.54. The molecule has 0 aliphatic carbocycles. The Morgan fingerprint density at radius 1 is 1.28 bits per heavy atom. The summed E-state index contributed by atoms with van der Waals surface area (Å²) in [5.74, 6) is 0.493. The predicted octanol–water partition coefficient (Wildman–Crippen LogP) is 3.25. The van der Waals surface area contributed by atoms with Gasteiger partial charge in [0.05, 0.1) is 5.52 Å². The van der Waals surface area contributed by atoms with Crippen molar-refractivity contribution >= 4 is 10.9 Å².